The second kappa shape index (κ2) is 7.78. The van der Waals surface area contributed by atoms with Gasteiger partial charge in [-0.3, -0.25) is 4.79 Å². The Labute approximate surface area is 142 Å². The van der Waals surface area contributed by atoms with Gasteiger partial charge in [0.05, 0.1) is 26.3 Å². The van der Waals surface area contributed by atoms with Crippen LogP contribution in [0.4, 0.5) is 24.5 Å². The molecule has 0 heterocycles. The van der Waals surface area contributed by atoms with Gasteiger partial charge in [-0.2, -0.15) is 13.2 Å². The number of carbonyl (C=O) groups is 1. The standard InChI is InChI=1S/C17H17F3N2O3/c1-24-14-8-7-13(9-15(14)25-2)21-10-16(23)22-12-5-3-11(4-6-12)17(18,19)20/h3-9,21H,10H2,1-2H3,(H,22,23). The molecule has 5 nitrogen and oxygen atoms in total. The van der Waals surface area contributed by atoms with E-state index in [9.17, 15) is 18.0 Å². The molecule has 2 aromatic carbocycles. The third-order valence-electron chi connectivity index (χ3n) is 3.33. The van der Waals surface area contributed by atoms with Gasteiger partial charge >= 0.3 is 6.18 Å². The molecule has 0 bridgehead atoms. The van der Waals surface area contributed by atoms with E-state index >= 15 is 0 Å². The van der Waals surface area contributed by atoms with Crippen LogP contribution in [0.1, 0.15) is 5.56 Å². The minimum absolute atomic E-state index is 0.0590. The number of rotatable bonds is 6. The number of hydrogen-bond acceptors (Lipinski definition) is 4. The van der Waals surface area contributed by atoms with Crippen LogP contribution in [0, 0.1) is 0 Å². The van der Waals surface area contributed by atoms with Gasteiger partial charge in [0.1, 0.15) is 0 Å². The number of nitrogens with one attached hydrogen (secondary N) is 2. The Balaban J connectivity index is 1.92. The molecule has 25 heavy (non-hydrogen) atoms. The number of anilines is 2. The predicted molar refractivity (Wildman–Crippen MR) is 88.1 cm³/mol. The van der Waals surface area contributed by atoms with E-state index in [1.165, 1.54) is 26.4 Å². The van der Waals surface area contributed by atoms with E-state index < -0.39 is 17.6 Å². The summed E-state index contributed by atoms with van der Waals surface area (Å²) in [5.41, 5.74) is 0.154. The summed E-state index contributed by atoms with van der Waals surface area (Å²) >= 11 is 0. The summed E-state index contributed by atoms with van der Waals surface area (Å²) in [5, 5.41) is 5.42. The third-order valence-corrected chi connectivity index (χ3v) is 3.33. The number of alkyl halides is 3. The highest BCUT2D eigenvalue weighted by Crippen LogP contribution is 2.30. The maximum Gasteiger partial charge on any atom is 0.416 e. The van der Waals surface area contributed by atoms with Crippen molar-refractivity contribution in [2.45, 2.75) is 6.18 Å². The van der Waals surface area contributed by atoms with Crippen molar-refractivity contribution >= 4 is 17.3 Å². The number of ether oxygens (including phenoxy) is 2. The Kier molecular flexibility index (Phi) is 5.74. The van der Waals surface area contributed by atoms with Crippen molar-refractivity contribution in [3.63, 3.8) is 0 Å². The molecule has 0 radical (unpaired) electrons. The molecule has 0 unspecified atom stereocenters. The molecule has 134 valence electrons. The molecule has 2 aromatic rings. The quantitative estimate of drug-likeness (QED) is 0.829. The van der Waals surface area contributed by atoms with Crippen LogP contribution in [0.25, 0.3) is 0 Å². The minimum atomic E-state index is -4.41. The Morgan fingerprint density at radius 1 is 0.960 bits per heavy atom. The summed E-state index contributed by atoms with van der Waals surface area (Å²) in [6.45, 7) is -0.0590. The van der Waals surface area contributed by atoms with Gasteiger partial charge in [-0.05, 0) is 36.4 Å². The molecule has 0 saturated carbocycles. The highest BCUT2D eigenvalue weighted by Gasteiger charge is 2.29. The first-order valence-electron chi connectivity index (χ1n) is 7.26. The van der Waals surface area contributed by atoms with E-state index in [2.05, 4.69) is 10.6 Å². The lowest BCUT2D eigenvalue weighted by Crippen LogP contribution is -2.21. The van der Waals surface area contributed by atoms with Crippen LogP contribution in [0.2, 0.25) is 0 Å². The molecule has 0 aliphatic rings. The van der Waals surface area contributed by atoms with Crippen LogP contribution in [-0.4, -0.2) is 26.7 Å². The van der Waals surface area contributed by atoms with Gasteiger partial charge in [0.2, 0.25) is 5.91 Å². The van der Waals surface area contributed by atoms with E-state index in [0.29, 0.717) is 17.2 Å². The number of carbonyl (C=O) groups excluding carboxylic acids is 1. The maximum atomic E-state index is 12.5. The van der Waals surface area contributed by atoms with Crippen LogP contribution in [0.5, 0.6) is 11.5 Å². The van der Waals surface area contributed by atoms with Gasteiger partial charge in [-0.25, -0.2) is 0 Å². The Morgan fingerprint density at radius 2 is 1.56 bits per heavy atom. The van der Waals surface area contributed by atoms with E-state index in [1.54, 1.807) is 18.2 Å². The van der Waals surface area contributed by atoms with E-state index in [-0.39, 0.29) is 12.2 Å². The Bertz CT molecular complexity index is 731. The number of amides is 1. The van der Waals surface area contributed by atoms with Crippen molar-refractivity contribution < 1.29 is 27.4 Å². The minimum Gasteiger partial charge on any atom is -0.493 e. The first kappa shape index (κ1) is 18.4. The molecule has 2 N–H and O–H groups in total. The van der Waals surface area contributed by atoms with E-state index in [4.69, 9.17) is 9.47 Å². The molecule has 2 rings (SSSR count). The van der Waals surface area contributed by atoms with Crippen molar-refractivity contribution in [3.05, 3.63) is 48.0 Å². The fourth-order valence-electron chi connectivity index (χ4n) is 2.08. The van der Waals surface area contributed by atoms with Crippen molar-refractivity contribution in [2.24, 2.45) is 0 Å². The normalized spacial score (nSPS) is 10.9. The van der Waals surface area contributed by atoms with Crippen LogP contribution in [0.3, 0.4) is 0 Å². The average Bonchev–Trinajstić information content (AvgIpc) is 2.59. The summed E-state index contributed by atoms with van der Waals surface area (Å²) in [7, 11) is 3.02. The van der Waals surface area contributed by atoms with E-state index in [0.717, 1.165) is 12.1 Å². The summed E-state index contributed by atoms with van der Waals surface area (Å²) in [4.78, 5) is 11.9. The number of halogens is 3. The monoisotopic (exact) mass is 354 g/mol. The SMILES string of the molecule is COc1ccc(NCC(=O)Nc2ccc(C(F)(F)F)cc2)cc1OC. The van der Waals surface area contributed by atoms with Crippen molar-refractivity contribution in [3.8, 4) is 11.5 Å². The molecule has 0 atom stereocenters. The summed E-state index contributed by atoms with van der Waals surface area (Å²) in [6.07, 6.45) is -4.41. The predicted octanol–water partition coefficient (Wildman–Crippen LogP) is 3.77. The highest BCUT2D eigenvalue weighted by atomic mass is 19.4. The molecule has 0 aliphatic carbocycles. The molecular formula is C17H17F3N2O3. The van der Waals surface area contributed by atoms with Crippen LogP contribution in [-0.2, 0) is 11.0 Å². The highest BCUT2D eigenvalue weighted by molar-refractivity contribution is 5.93. The molecule has 0 spiro atoms. The molecule has 0 fully saturated rings. The lowest BCUT2D eigenvalue weighted by Gasteiger charge is -2.12. The van der Waals surface area contributed by atoms with Gasteiger partial charge in [-0.1, -0.05) is 0 Å². The van der Waals surface area contributed by atoms with Crippen LogP contribution < -0.4 is 20.1 Å². The second-order valence-corrected chi connectivity index (χ2v) is 5.05. The lowest BCUT2D eigenvalue weighted by molar-refractivity contribution is -0.137. The van der Waals surface area contributed by atoms with Gasteiger partial charge in [-0.15, -0.1) is 0 Å². The number of hydrogen-bond donors (Lipinski definition) is 2. The zero-order valence-corrected chi connectivity index (χ0v) is 13.6. The van der Waals surface area contributed by atoms with Crippen molar-refractivity contribution in [1.29, 1.82) is 0 Å². The molecule has 8 heteroatoms. The smallest absolute Gasteiger partial charge is 0.416 e. The van der Waals surface area contributed by atoms with Crippen molar-refractivity contribution in [2.75, 3.05) is 31.4 Å². The summed E-state index contributed by atoms with van der Waals surface area (Å²) in [5.74, 6) is 0.674. The lowest BCUT2D eigenvalue weighted by atomic mass is 10.2. The first-order valence-corrected chi connectivity index (χ1v) is 7.26. The summed E-state index contributed by atoms with van der Waals surface area (Å²) in [6, 6.07) is 9.31. The Hall–Kier alpha value is -2.90. The fraction of sp³-hybridized carbons (Fsp3) is 0.235. The second-order valence-electron chi connectivity index (χ2n) is 5.05. The first-order chi connectivity index (χ1) is 11.8. The van der Waals surface area contributed by atoms with Gasteiger partial charge in [0.25, 0.3) is 0 Å². The molecule has 0 aliphatic heterocycles. The average molecular weight is 354 g/mol. The molecule has 0 aromatic heterocycles. The van der Waals surface area contributed by atoms with Gasteiger partial charge in [0.15, 0.2) is 11.5 Å². The molecular weight excluding hydrogens is 337 g/mol. The Morgan fingerprint density at radius 3 is 2.12 bits per heavy atom. The zero-order valence-electron chi connectivity index (χ0n) is 13.6. The topological polar surface area (TPSA) is 59.6 Å². The third kappa shape index (κ3) is 5.03. The van der Waals surface area contributed by atoms with Crippen molar-refractivity contribution in [1.82, 2.24) is 0 Å². The van der Waals surface area contributed by atoms with Crippen LogP contribution >= 0.6 is 0 Å². The number of methoxy groups -OCH3 is 2. The zero-order chi connectivity index (χ0) is 18.4. The summed E-state index contributed by atoms with van der Waals surface area (Å²) < 4.78 is 47.7. The van der Waals surface area contributed by atoms with E-state index in [1.807, 2.05) is 0 Å². The van der Waals surface area contributed by atoms with Crippen LogP contribution in [0.15, 0.2) is 42.5 Å². The maximum absolute atomic E-state index is 12.5. The van der Waals surface area contributed by atoms with Gasteiger partial charge < -0.3 is 20.1 Å². The number of benzene rings is 2. The molecule has 0 saturated heterocycles. The molecule has 1 amide bonds. The van der Waals surface area contributed by atoms with Gasteiger partial charge in [0, 0.05) is 17.4 Å². The fourth-order valence-corrected chi connectivity index (χ4v) is 2.08. The largest absolute Gasteiger partial charge is 0.493 e.